The summed E-state index contributed by atoms with van der Waals surface area (Å²) in [6.45, 7) is 0.554. The SMILES string of the molecule is O=C(NCCc1ccccc1)c1cc(-c2cccnc2)on1. The summed E-state index contributed by atoms with van der Waals surface area (Å²) in [7, 11) is 0. The van der Waals surface area contributed by atoms with Gasteiger partial charge in [-0.2, -0.15) is 0 Å². The van der Waals surface area contributed by atoms with Gasteiger partial charge in [0.1, 0.15) is 0 Å². The summed E-state index contributed by atoms with van der Waals surface area (Å²) >= 11 is 0. The van der Waals surface area contributed by atoms with Crippen LogP contribution in [-0.2, 0) is 6.42 Å². The van der Waals surface area contributed by atoms with E-state index in [1.807, 2.05) is 36.4 Å². The highest BCUT2D eigenvalue weighted by Crippen LogP contribution is 2.18. The predicted octanol–water partition coefficient (Wildman–Crippen LogP) is 2.71. The third kappa shape index (κ3) is 3.38. The molecule has 1 amide bonds. The van der Waals surface area contributed by atoms with Gasteiger partial charge in [0.25, 0.3) is 5.91 Å². The van der Waals surface area contributed by atoms with Gasteiger partial charge in [-0.05, 0) is 24.1 Å². The quantitative estimate of drug-likeness (QED) is 0.785. The van der Waals surface area contributed by atoms with E-state index < -0.39 is 0 Å². The summed E-state index contributed by atoms with van der Waals surface area (Å²) in [6.07, 6.45) is 4.12. The van der Waals surface area contributed by atoms with Gasteiger partial charge in [-0.25, -0.2) is 0 Å². The summed E-state index contributed by atoms with van der Waals surface area (Å²) in [6, 6.07) is 15.3. The van der Waals surface area contributed by atoms with Crippen LogP contribution in [0.2, 0.25) is 0 Å². The second kappa shape index (κ2) is 6.67. The van der Waals surface area contributed by atoms with Crippen molar-refractivity contribution >= 4 is 5.91 Å². The number of hydrogen-bond acceptors (Lipinski definition) is 4. The number of pyridine rings is 1. The molecular weight excluding hydrogens is 278 g/mol. The Morgan fingerprint density at radius 3 is 2.77 bits per heavy atom. The molecule has 0 saturated carbocycles. The molecule has 0 fully saturated rings. The van der Waals surface area contributed by atoms with E-state index in [2.05, 4.69) is 15.5 Å². The highest BCUT2D eigenvalue weighted by molar-refractivity contribution is 5.93. The molecule has 5 heteroatoms. The maximum absolute atomic E-state index is 12.0. The first-order valence-electron chi connectivity index (χ1n) is 7.02. The van der Waals surface area contributed by atoms with Gasteiger partial charge in [-0.15, -0.1) is 0 Å². The molecule has 0 spiro atoms. The second-order valence-corrected chi connectivity index (χ2v) is 4.81. The second-order valence-electron chi connectivity index (χ2n) is 4.81. The third-order valence-corrected chi connectivity index (χ3v) is 3.23. The summed E-state index contributed by atoms with van der Waals surface area (Å²) in [5, 5.41) is 6.64. The van der Waals surface area contributed by atoms with Crippen molar-refractivity contribution in [3.63, 3.8) is 0 Å². The van der Waals surface area contributed by atoms with Gasteiger partial charge in [-0.3, -0.25) is 9.78 Å². The maximum atomic E-state index is 12.0. The van der Waals surface area contributed by atoms with Gasteiger partial charge in [0.2, 0.25) is 0 Å². The number of aromatic nitrogens is 2. The molecular formula is C17H15N3O2. The first-order chi connectivity index (χ1) is 10.8. The molecule has 110 valence electrons. The van der Waals surface area contributed by atoms with Gasteiger partial charge in [-0.1, -0.05) is 35.5 Å². The lowest BCUT2D eigenvalue weighted by molar-refractivity contribution is 0.0945. The average Bonchev–Trinajstić information content (AvgIpc) is 3.07. The Bertz CT molecular complexity index is 739. The zero-order valence-corrected chi connectivity index (χ0v) is 11.9. The molecule has 2 aromatic heterocycles. The fourth-order valence-corrected chi connectivity index (χ4v) is 2.08. The van der Waals surface area contributed by atoms with Crippen LogP contribution in [0.15, 0.2) is 65.4 Å². The summed E-state index contributed by atoms with van der Waals surface area (Å²) < 4.78 is 5.19. The number of hydrogen-bond donors (Lipinski definition) is 1. The van der Waals surface area contributed by atoms with Crippen molar-refractivity contribution in [3.8, 4) is 11.3 Å². The Labute approximate surface area is 128 Å². The van der Waals surface area contributed by atoms with Crippen molar-refractivity contribution in [1.29, 1.82) is 0 Å². The van der Waals surface area contributed by atoms with Crippen LogP contribution < -0.4 is 5.32 Å². The van der Waals surface area contributed by atoms with Crippen LogP contribution in [0, 0.1) is 0 Å². The van der Waals surface area contributed by atoms with Crippen LogP contribution in [0.1, 0.15) is 16.1 Å². The number of benzene rings is 1. The number of carbonyl (C=O) groups excluding carboxylic acids is 1. The molecule has 2 heterocycles. The van der Waals surface area contributed by atoms with Crippen LogP contribution in [0.3, 0.4) is 0 Å². The highest BCUT2D eigenvalue weighted by atomic mass is 16.5. The lowest BCUT2D eigenvalue weighted by atomic mass is 10.1. The summed E-state index contributed by atoms with van der Waals surface area (Å²) in [4.78, 5) is 16.0. The number of nitrogens with zero attached hydrogens (tertiary/aromatic N) is 2. The van der Waals surface area contributed by atoms with Crippen molar-refractivity contribution in [2.75, 3.05) is 6.54 Å². The average molecular weight is 293 g/mol. The van der Waals surface area contributed by atoms with E-state index in [1.54, 1.807) is 24.5 Å². The monoisotopic (exact) mass is 293 g/mol. The Balaban J connectivity index is 1.58. The van der Waals surface area contributed by atoms with Gasteiger partial charge in [0.05, 0.1) is 0 Å². The van der Waals surface area contributed by atoms with Gasteiger partial charge in [0, 0.05) is 30.6 Å². The molecule has 0 saturated heterocycles. The summed E-state index contributed by atoms with van der Waals surface area (Å²) in [5.74, 6) is 0.288. The molecule has 0 aliphatic carbocycles. The smallest absolute Gasteiger partial charge is 0.273 e. The van der Waals surface area contributed by atoms with Crippen molar-refractivity contribution in [2.45, 2.75) is 6.42 Å². The Hall–Kier alpha value is -2.95. The predicted molar refractivity (Wildman–Crippen MR) is 82.2 cm³/mol. The molecule has 1 aromatic carbocycles. The van der Waals surface area contributed by atoms with E-state index in [-0.39, 0.29) is 11.6 Å². The maximum Gasteiger partial charge on any atom is 0.273 e. The van der Waals surface area contributed by atoms with Crippen LogP contribution in [0.4, 0.5) is 0 Å². The van der Waals surface area contributed by atoms with E-state index in [9.17, 15) is 4.79 Å². The largest absolute Gasteiger partial charge is 0.355 e. The van der Waals surface area contributed by atoms with E-state index in [1.165, 1.54) is 5.56 Å². The van der Waals surface area contributed by atoms with Crippen molar-refractivity contribution in [2.24, 2.45) is 0 Å². The summed E-state index contributed by atoms with van der Waals surface area (Å²) in [5.41, 5.74) is 2.24. The van der Waals surface area contributed by atoms with Crippen LogP contribution in [0.25, 0.3) is 11.3 Å². The third-order valence-electron chi connectivity index (χ3n) is 3.23. The normalized spacial score (nSPS) is 10.4. The molecule has 0 bridgehead atoms. The van der Waals surface area contributed by atoms with Crippen LogP contribution in [-0.4, -0.2) is 22.6 Å². The first kappa shape index (κ1) is 14.0. The van der Waals surface area contributed by atoms with Crippen molar-refractivity contribution < 1.29 is 9.32 Å². The molecule has 0 aliphatic heterocycles. The minimum Gasteiger partial charge on any atom is -0.355 e. The number of carbonyl (C=O) groups is 1. The van der Waals surface area contributed by atoms with E-state index in [0.717, 1.165) is 12.0 Å². The molecule has 0 radical (unpaired) electrons. The topological polar surface area (TPSA) is 68.0 Å². The zero-order valence-electron chi connectivity index (χ0n) is 11.9. The minimum absolute atomic E-state index is 0.241. The zero-order chi connectivity index (χ0) is 15.2. The molecule has 22 heavy (non-hydrogen) atoms. The fourth-order valence-electron chi connectivity index (χ4n) is 2.08. The number of rotatable bonds is 5. The first-order valence-corrected chi connectivity index (χ1v) is 7.02. The molecule has 1 N–H and O–H groups in total. The van der Waals surface area contributed by atoms with Crippen molar-refractivity contribution in [3.05, 3.63) is 72.2 Å². The Morgan fingerprint density at radius 2 is 2.00 bits per heavy atom. The number of nitrogens with one attached hydrogen (secondary N) is 1. The van der Waals surface area contributed by atoms with E-state index in [0.29, 0.717) is 12.3 Å². The van der Waals surface area contributed by atoms with Crippen LogP contribution >= 0.6 is 0 Å². The fraction of sp³-hybridized carbons (Fsp3) is 0.118. The Kier molecular flexibility index (Phi) is 4.25. The molecule has 5 nitrogen and oxygen atoms in total. The highest BCUT2D eigenvalue weighted by Gasteiger charge is 2.13. The standard InChI is InChI=1S/C17H15N3O2/c21-17(19-10-8-13-5-2-1-3-6-13)15-11-16(22-20-15)14-7-4-9-18-12-14/h1-7,9,11-12H,8,10H2,(H,19,21). The minimum atomic E-state index is -0.241. The molecule has 0 aliphatic rings. The molecule has 0 atom stereocenters. The van der Waals surface area contributed by atoms with Gasteiger partial charge < -0.3 is 9.84 Å². The van der Waals surface area contributed by atoms with Crippen molar-refractivity contribution in [1.82, 2.24) is 15.5 Å². The van der Waals surface area contributed by atoms with Crippen LogP contribution in [0.5, 0.6) is 0 Å². The molecule has 3 aromatic rings. The van der Waals surface area contributed by atoms with Gasteiger partial charge in [0.15, 0.2) is 11.5 Å². The lowest BCUT2D eigenvalue weighted by Crippen LogP contribution is -2.25. The number of amides is 1. The van der Waals surface area contributed by atoms with E-state index >= 15 is 0 Å². The lowest BCUT2D eigenvalue weighted by Gasteiger charge is -2.02. The van der Waals surface area contributed by atoms with Gasteiger partial charge >= 0.3 is 0 Å². The molecule has 3 rings (SSSR count). The van der Waals surface area contributed by atoms with E-state index in [4.69, 9.17) is 4.52 Å². The Morgan fingerprint density at radius 1 is 1.14 bits per heavy atom. The molecule has 0 unspecified atom stereocenters.